The number of esters is 1. The van der Waals surface area contributed by atoms with Crippen molar-refractivity contribution in [3.8, 4) is 0 Å². The maximum Gasteiger partial charge on any atom is 0.334 e. The molecule has 8 nitrogen and oxygen atoms in total. The van der Waals surface area contributed by atoms with Crippen molar-refractivity contribution in [1.29, 1.82) is 0 Å². The molecule has 0 aromatic heterocycles. The Morgan fingerprint density at radius 2 is 1.71 bits per heavy atom. The molecule has 0 spiro atoms. The molecule has 0 aliphatic carbocycles. The van der Waals surface area contributed by atoms with Crippen LogP contribution in [0.5, 0.6) is 0 Å². The number of rotatable bonds is 14. The molecule has 8 heteroatoms. The molecule has 1 unspecified atom stereocenters. The third kappa shape index (κ3) is 7.02. The summed E-state index contributed by atoms with van der Waals surface area (Å²) in [4.78, 5) is 56.7. The number of urea groups is 1. The van der Waals surface area contributed by atoms with Gasteiger partial charge in [-0.1, -0.05) is 71.7 Å². The fraction of sp³-hybridized carbons (Fsp3) is 0.529. The molecule has 2 aliphatic heterocycles. The molecule has 1 aromatic carbocycles. The molecule has 42 heavy (non-hydrogen) atoms. The van der Waals surface area contributed by atoms with E-state index in [1.54, 1.807) is 19.9 Å². The molecule has 2 aliphatic rings. The lowest BCUT2D eigenvalue weighted by Gasteiger charge is -2.37. The van der Waals surface area contributed by atoms with Crippen molar-refractivity contribution in [3.63, 3.8) is 0 Å². The topological polar surface area (TPSA) is 87.2 Å². The summed E-state index contributed by atoms with van der Waals surface area (Å²) in [5, 5.41) is 0. The molecular formula is C34H47N3O5. The van der Waals surface area contributed by atoms with Crippen LogP contribution in [0.25, 0.3) is 0 Å². The zero-order valence-electron chi connectivity index (χ0n) is 26.2. The van der Waals surface area contributed by atoms with Gasteiger partial charge in [0.05, 0.1) is 6.61 Å². The Labute approximate surface area is 251 Å². The van der Waals surface area contributed by atoms with Gasteiger partial charge in [-0.25, -0.2) is 9.59 Å². The minimum Gasteiger partial charge on any atom is -0.463 e. The van der Waals surface area contributed by atoms with Crippen molar-refractivity contribution in [2.75, 3.05) is 24.6 Å². The lowest BCUT2D eigenvalue weighted by atomic mass is 9.83. The zero-order chi connectivity index (χ0) is 31.0. The summed E-state index contributed by atoms with van der Waals surface area (Å²) in [6.07, 6.45) is 9.92. The van der Waals surface area contributed by atoms with Crippen molar-refractivity contribution in [3.05, 3.63) is 65.9 Å². The van der Waals surface area contributed by atoms with Crippen LogP contribution in [-0.4, -0.2) is 59.4 Å². The third-order valence-electron chi connectivity index (χ3n) is 8.26. The van der Waals surface area contributed by atoms with Crippen LogP contribution in [0.3, 0.4) is 0 Å². The van der Waals surface area contributed by atoms with Crippen LogP contribution in [-0.2, 0) is 24.5 Å². The first kappa shape index (κ1) is 32.8. The number of amides is 4. The third-order valence-corrected chi connectivity index (χ3v) is 8.26. The normalized spacial score (nSPS) is 19.2. The Hall–Kier alpha value is -3.68. The number of barbiturate groups is 1. The highest BCUT2D eigenvalue weighted by Crippen LogP contribution is 2.47. The lowest BCUT2D eigenvalue weighted by Crippen LogP contribution is -2.59. The van der Waals surface area contributed by atoms with Crippen LogP contribution >= 0.6 is 0 Å². The second-order valence-corrected chi connectivity index (χ2v) is 11.9. The molecule has 1 fully saturated rings. The summed E-state index contributed by atoms with van der Waals surface area (Å²) < 4.78 is 5.14. The number of hydrogen-bond donors (Lipinski definition) is 0. The monoisotopic (exact) mass is 577 g/mol. The molecule has 4 amide bonds. The van der Waals surface area contributed by atoms with E-state index in [4.69, 9.17) is 4.74 Å². The van der Waals surface area contributed by atoms with E-state index in [0.29, 0.717) is 26.1 Å². The first-order valence-electron chi connectivity index (χ1n) is 15.3. The number of benzene rings is 1. The number of unbranched alkanes of at least 4 members (excludes halogenated alkanes) is 2. The van der Waals surface area contributed by atoms with E-state index in [1.165, 1.54) is 9.80 Å². The number of ether oxygens (including phenoxy) is 1. The van der Waals surface area contributed by atoms with E-state index in [1.807, 2.05) is 18.2 Å². The lowest BCUT2D eigenvalue weighted by molar-refractivity contribution is -0.138. The minimum atomic E-state index is -0.557. The van der Waals surface area contributed by atoms with E-state index in [9.17, 15) is 19.2 Å². The summed E-state index contributed by atoms with van der Waals surface area (Å²) in [6, 6.07) is 7.26. The van der Waals surface area contributed by atoms with Gasteiger partial charge in [0, 0.05) is 42.0 Å². The van der Waals surface area contributed by atoms with Crippen molar-refractivity contribution in [1.82, 2.24) is 9.80 Å². The Bertz CT molecular complexity index is 1250. The Kier molecular flexibility index (Phi) is 11.3. The van der Waals surface area contributed by atoms with Gasteiger partial charge in [-0.3, -0.25) is 19.4 Å². The van der Waals surface area contributed by atoms with E-state index in [0.717, 1.165) is 55.1 Å². The van der Waals surface area contributed by atoms with E-state index in [-0.39, 0.29) is 22.9 Å². The van der Waals surface area contributed by atoms with Gasteiger partial charge in [0.15, 0.2) is 0 Å². The molecule has 3 rings (SSSR count). The summed E-state index contributed by atoms with van der Waals surface area (Å²) in [6.45, 7) is 16.7. The van der Waals surface area contributed by atoms with Gasteiger partial charge < -0.3 is 9.64 Å². The van der Waals surface area contributed by atoms with E-state index >= 15 is 0 Å². The van der Waals surface area contributed by atoms with E-state index in [2.05, 4.69) is 51.3 Å². The second kappa shape index (κ2) is 14.5. The van der Waals surface area contributed by atoms with Gasteiger partial charge >= 0.3 is 12.0 Å². The summed E-state index contributed by atoms with van der Waals surface area (Å²) in [7, 11) is 0. The second-order valence-electron chi connectivity index (χ2n) is 11.9. The molecule has 0 N–H and O–H groups in total. The highest BCUT2D eigenvalue weighted by molar-refractivity contribution is 6.29. The van der Waals surface area contributed by atoms with Crippen LogP contribution in [0.1, 0.15) is 85.6 Å². The molecular weight excluding hydrogens is 530 g/mol. The molecule has 1 aromatic rings. The van der Waals surface area contributed by atoms with Gasteiger partial charge in [-0.15, -0.1) is 0 Å². The summed E-state index contributed by atoms with van der Waals surface area (Å²) in [5.41, 5.74) is 2.79. The number of carbonyl (C=O) groups excluding carboxylic acids is 4. The summed E-state index contributed by atoms with van der Waals surface area (Å²) >= 11 is 0. The zero-order valence-corrected chi connectivity index (χ0v) is 26.2. The smallest absolute Gasteiger partial charge is 0.334 e. The van der Waals surface area contributed by atoms with Gasteiger partial charge in [-0.2, -0.15) is 0 Å². The van der Waals surface area contributed by atoms with Crippen LogP contribution < -0.4 is 4.90 Å². The number of hydrogen-bond acceptors (Lipinski definition) is 6. The van der Waals surface area contributed by atoms with Gasteiger partial charge in [0.25, 0.3) is 11.8 Å². The van der Waals surface area contributed by atoms with Crippen molar-refractivity contribution in [2.24, 2.45) is 5.92 Å². The van der Waals surface area contributed by atoms with Gasteiger partial charge in [-0.05, 0) is 62.8 Å². The highest BCUT2D eigenvalue weighted by Gasteiger charge is 2.44. The average molecular weight is 578 g/mol. The maximum absolute atomic E-state index is 13.7. The number of anilines is 1. The van der Waals surface area contributed by atoms with Gasteiger partial charge in [0.1, 0.15) is 5.57 Å². The number of nitrogens with zero attached hydrogens (tertiary/aromatic N) is 3. The first-order valence-corrected chi connectivity index (χ1v) is 15.3. The molecule has 1 atom stereocenters. The van der Waals surface area contributed by atoms with E-state index < -0.39 is 23.8 Å². The van der Waals surface area contributed by atoms with Crippen molar-refractivity contribution >= 4 is 29.5 Å². The Balaban J connectivity index is 1.96. The number of fused-ring (bicyclic) bond motifs is 1. The van der Waals surface area contributed by atoms with Crippen LogP contribution in [0.2, 0.25) is 0 Å². The molecule has 228 valence electrons. The number of allylic oxidation sites excluding steroid dienone is 3. The number of imide groups is 2. The van der Waals surface area contributed by atoms with Crippen LogP contribution in [0.15, 0.2) is 60.3 Å². The largest absolute Gasteiger partial charge is 0.463 e. The molecule has 1 saturated heterocycles. The first-order chi connectivity index (χ1) is 20.0. The quantitative estimate of drug-likeness (QED) is 0.108. The standard InChI is InChI=1S/C34H47N3O5/c1-8-11-16-25(9-2)23-36-31(39)26(32(40)37(24(4)5)33(36)41)19-20-29-34(6,7)27-17-12-13-18-28(27)35(29)21-14-15-22-42-30(38)10-3/h10,12-13,17-20,24-25H,3,8-9,11,14-16,21-23H2,1-2,4-7H3. The predicted molar refractivity (Wildman–Crippen MR) is 166 cm³/mol. The minimum absolute atomic E-state index is 0.00388. The fourth-order valence-electron chi connectivity index (χ4n) is 5.75. The fourth-order valence-corrected chi connectivity index (χ4v) is 5.75. The maximum atomic E-state index is 13.7. The number of para-hydroxylation sites is 1. The van der Waals surface area contributed by atoms with Crippen LogP contribution in [0, 0.1) is 5.92 Å². The summed E-state index contributed by atoms with van der Waals surface area (Å²) in [5.74, 6) is -1.34. The Morgan fingerprint density at radius 1 is 1.00 bits per heavy atom. The molecule has 0 saturated carbocycles. The number of carbonyl (C=O) groups is 4. The Morgan fingerprint density at radius 3 is 2.36 bits per heavy atom. The SMILES string of the molecule is C=CC(=O)OCCCCN1C(=CC=C2C(=O)N(CC(CC)CCCC)C(=O)N(C(C)C)C2=O)C(C)(C)c2ccccc21. The van der Waals surface area contributed by atoms with Gasteiger partial charge in [0.2, 0.25) is 0 Å². The van der Waals surface area contributed by atoms with Crippen molar-refractivity contribution < 1.29 is 23.9 Å². The molecule has 2 heterocycles. The molecule has 0 bridgehead atoms. The predicted octanol–water partition coefficient (Wildman–Crippen LogP) is 6.52. The highest BCUT2D eigenvalue weighted by atomic mass is 16.5. The molecule has 0 radical (unpaired) electrons. The average Bonchev–Trinajstić information content (AvgIpc) is 3.17. The van der Waals surface area contributed by atoms with Crippen molar-refractivity contribution in [2.45, 2.75) is 91.5 Å². The van der Waals surface area contributed by atoms with Crippen LogP contribution in [0.4, 0.5) is 10.5 Å².